The summed E-state index contributed by atoms with van der Waals surface area (Å²) in [5.41, 5.74) is 10.0. The van der Waals surface area contributed by atoms with Gasteiger partial charge in [-0.2, -0.15) is 0 Å². The highest BCUT2D eigenvalue weighted by atomic mass is 15.2. The first-order chi connectivity index (χ1) is 7.50. The van der Waals surface area contributed by atoms with E-state index in [0.717, 1.165) is 6.54 Å². The van der Waals surface area contributed by atoms with Crippen LogP contribution in [0, 0.1) is 0 Å². The molecule has 0 saturated carbocycles. The lowest BCUT2D eigenvalue weighted by Gasteiger charge is -2.24. The molecule has 0 fully saturated rings. The Balaban J connectivity index is 2.41. The fourth-order valence-corrected chi connectivity index (χ4v) is 2.49. The number of anilines is 1. The maximum absolute atomic E-state index is 5.93. The zero-order valence-electron chi connectivity index (χ0n) is 10.7. The molecule has 2 N–H and O–H groups in total. The van der Waals surface area contributed by atoms with Gasteiger partial charge in [0.2, 0.25) is 0 Å². The van der Waals surface area contributed by atoms with Crippen molar-refractivity contribution in [1.82, 2.24) is 0 Å². The van der Waals surface area contributed by atoms with Crippen molar-refractivity contribution >= 4 is 5.69 Å². The maximum atomic E-state index is 5.93. The molecule has 1 heterocycles. The maximum Gasteiger partial charge on any atom is 0.0404 e. The van der Waals surface area contributed by atoms with E-state index in [0.29, 0.717) is 12.0 Å². The van der Waals surface area contributed by atoms with E-state index in [9.17, 15) is 0 Å². The van der Waals surface area contributed by atoms with Gasteiger partial charge < -0.3 is 10.6 Å². The molecule has 2 unspecified atom stereocenters. The fourth-order valence-electron chi connectivity index (χ4n) is 2.49. The van der Waals surface area contributed by atoms with E-state index in [4.69, 9.17) is 5.73 Å². The van der Waals surface area contributed by atoms with E-state index in [2.05, 4.69) is 43.9 Å². The Hall–Kier alpha value is -1.02. The van der Waals surface area contributed by atoms with Crippen molar-refractivity contribution in [2.24, 2.45) is 5.73 Å². The lowest BCUT2D eigenvalue weighted by atomic mass is 9.98. The number of benzene rings is 1. The predicted molar refractivity (Wildman–Crippen MR) is 69.9 cm³/mol. The highest BCUT2D eigenvalue weighted by Gasteiger charge is 2.27. The zero-order valence-corrected chi connectivity index (χ0v) is 10.7. The quantitative estimate of drug-likeness (QED) is 0.826. The van der Waals surface area contributed by atoms with Crippen LogP contribution in [0.15, 0.2) is 18.2 Å². The third-order valence-electron chi connectivity index (χ3n) is 3.51. The van der Waals surface area contributed by atoms with Gasteiger partial charge in [-0.05, 0) is 38.0 Å². The van der Waals surface area contributed by atoms with Crippen LogP contribution in [0.3, 0.4) is 0 Å². The molecule has 1 aromatic carbocycles. The minimum atomic E-state index is 0.130. The van der Waals surface area contributed by atoms with Gasteiger partial charge in [0, 0.05) is 30.2 Å². The second-order valence-electron chi connectivity index (χ2n) is 5.25. The SMILES string of the molecule is CC(N)c1ccc2c(c1)C(C)CN2C(C)C. The van der Waals surface area contributed by atoms with Crippen molar-refractivity contribution in [1.29, 1.82) is 0 Å². The van der Waals surface area contributed by atoms with Gasteiger partial charge in [0.1, 0.15) is 0 Å². The smallest absolute Gasteiger partial charge is 0.0404 e. The lowest BCUT2D eigenvalue weighted by Crippen LogP contribution is -2.28. The topological polar surface area (TPSA) is 29.3 Å². The minimum absolute atomic E-state index is 0.130. The van der Waals surface area contributed by atoms with Crippen LogP contribution < -0.4 is 10.6 Å². The van der Waals surface area contributed by atoms with E-state index in [1.54, 1.807) is 0 Å². The van der Waals surface area contributed by atoms with Crippen LogP contribution in [-0.4, -0.2) is 12.6 Å². The average Bonchev–Trinajstić information content (AvgIpc) is 2.56. The van der Waals surface area contributed by atoms with Crippen LogP contribution in [-0.2, 0) is 0 Å². The summed E-state index contributed by atoms with van der Waals surface area (Å²) in [6.45, 7) is 9.98. The van der Waals surface area contributed by atoms with Crippen molar-refractivity contribution in [3.8, 4) is 0 Å². The van der Waals surface area contributed by atoms with Gasteiger partial charge in [0.05, 0.1) is 0 Å². The highest BCUT2D eigenvalue weighted by Crippen LogP contribution is 2.38. The molecule has 0 bridgehead atoms. The summed E-state index contributed by atoms with van der Waals surface area (Å²) in [5, 5.41) is 0. The van der Waals surface area contributed by atoms with Crippen LogP contribution >= 0.6 is 0 Å². The lowest BCUT2D eigenvalue weighted by molar-refractivity contribution is 0.670. The molecule has 0 aromatic heterocycles. The van der Waals surface area contributed by atoms with Crippen molar-refractivity contribution in [3.63, 3.8) is 0 Å². The molecule has 0 radical (unpaired) electrons. The van der Waals surface area contributed by atoms with Crippen molar-refractivity contribution in [3.05, 3.63) is 29.3 Å². The molecule has 1 aliphatic heterocycles. The molecule has 2 rings (SSSR count). The molecule has 1 aromatic rings. The Bertz CT molecular complexity index is 382. The average molecular weight is 218 g/mol. The number of fused-ring (bicyclic) bond motifs is 1. The summed E-state index contributed by atoms with van der Waals surface area (Å²) >= 11 is 0. The summed E-state index contributed by atoms with van der Waals surface area (Å²) in [7, 11) is 0. The number of nitrogens with zero attached hydrogens (tertiary/aromatic N) is 1. The van der Waals surface area contributed by atoms with Crippen LogP contribution in [0.1, 0.15) is 50.8 Å². The Kier molecular flexibility index (Phi) is 2.94. The third kappa shape index (κ3) is 1.82. The monoisotopic (exact) mass is 218 g/mol. The second kappa shape index (κ2) is 4.10. The van der Waals surface area contributed by atoms with E-state index >= 15 is 0 Å². The molecule has 0 amide bonds. The largest absolute Gasteiger partial charge is 0.368 e. The number of hydrogen-bond acceptors (Lipinski definition) is 2. The van der Waals surface area contributed by atoms with Crippen molar-refractivity contribution in [2.75, 3.05) is 11.4 Å². The van der Waals surface area contributed by atoms with Gasteiger partial charge in [-0.1, -0.05) is 19.1 Å². The molecule has 2 heteroatoms. The Morgan fingerprint density at radius 1 is 1.31 bits per heavy atom. The molecule has 16 heavy (non-hydrogen) atoms. The van der Waals surface area contributed by atoms with Crippen LogP contribution in [0.25, 0.3) is 0 Å². The molecule has 1 aliphatic rings. The molecular weight excluding hydrogens is 196 g/mol. The van der Waals surface area contributed by atoms with Gasteiger partial charge in [-0.15, -0.1) is 0 Å². The minimum Gasteiger partial charge on any atom is -0.368 e. The Morgan fingerprint density at radius 2 is 2.00 bits per heavy atom. The van der Waals surface area contributed by atoms with Crippen LogP contribution in [0.4, 0.5) is 5.69 Å². The first-order valence-electron chi connectivity index (χ1n) is 6.16. The Labute approximate surface area is 98.4 Å². The number of rotatable bonds is 2. The summed E-state index contributed by atoms with van der Waals surface area (Å²) < 4.78 is 0. The summed E-state index contributed by atoms with van der Waals surface area (Å²) in [4.78, 5) is 2.48. The van der Waals surface area contributed by atoms with E-state index in [1.165, 1.54) is 16.8 Å². The van der Waals surface area contributed by atoms with Crippen molar-refractivity contribution in [2.45, 2.75) is 45.7 Å². The third-order valence-corrected chi connectivity index (χ3v) is 3.51. The summed E-state index contributed by atoms with van der Waals surface area (Å²) in [6, 6.07) is 7.39. The van der Waals surface area contributed by atoms with Gasteiger partial charge >= 0.3 is 0 Å². The van der Waals surface area contributed by atoms with E-state index in [-0.39, 0.29) is 6.04 Å². The first-order valence-corrected chi connectivity index (χ1v) is 6.16. The van der Waals surface area contributed by atoms with Crippen LogP contribution in [0.2, 0.25) is 0 Å². The number of nitrogens with two attached hydrogens (primary N) is 1. The normalized spacial score (nSPS) is 21.4. The molecular formula is C14H22N2. The summed E-state index contributed by atoms with van der Waals surface area (Å²) in [6.07, 6.45) is 0. The van der Waals surface area contributed by atoms with Gasteiger partial charge in [0.25, 0.3) is 0 Å². The van der Waals surface area contributed by atoms with E-state index < -0.39 is 0 Å². The highest BCUT2D eigenvalue weighted by molar-refractivity contribution is 5.61. The molecule has 0 aliphatic carbocycles. The molecule has 2 nitrogen and oxygen atoms in total. The number of hydrogen-bond donors (Lipinski definition) is 1. The van der Waals surface area contributed by atoms with Gasteiger partial charge in [-0.25, -0.2) is 0 Å². The van der Waals surface area contributed by atoms with Crippen LogP contribution in [0.5, 0.6) is 0 Å². The molecule has 0 saturated heterocycles. The fraction of sp³-hybridized carbons (Fsp3) is 0.571. The zero-order chi connectivity index (χ0) is 11.9. The first kappa shape index (κ1) is 11.5. The van der Waals surface area contributed by atoms with E-state index in [1.807, 2.05) is 6.92 Å². The van der Waals surface area contributed by atoms with Crippen molar-refractivity contribution < 1.29 is 0 Å². The second-order valence-corrected chi connectivity index (χ2v) is 5.25. The predicted octanol–water partition coefficient (Wildman–Crippen LogP) is 3.04. The van der Waals surface area contributed by atoms with Gasteiger partial charge in [-0.3, -0.25) is 0 Å². The Morgan fingerprint density at radius 3 is 2.56 bits per heavy atom. The molecule has 2 atom stereocenters. The van der Waals surface area contributed by atoms with Gasteiger partial charge in [0.15, 0.2) is 0 Å². The summed E-state index contributed by atoms with van der Waals surface area (Å²) in [5.74, 6) is 0.621. The molecule has 88 valence electrons. The standard InChI is InChI=1S/C14H22N2/c1-9(2)16-8-10(3)13-7-12(11(4)15)5-6-14(13)16/h5-7,9-11H,8,15H2,1-4H3. The molecule has 0 spiro atoms.